The van der Waals surface area contributed by atoms with E-state index < -0.39 is 0 Å². The molecule has 8 heavy (non-hydrogen) atoms. The van der Waals surface area contributed by atoms with Gasteiger partial charge in [-0.25, -0.2) is 0 Å². The van der Waals surface area contributed by atoms with Gasteiger partial charge < -0.3 is 0 Å². The highest BCUT2D eigenvalue weighted by atomic mass is 33.1. The first-order valence-corrected chi connectivity index (χ1v) is 4.56. The highest BCUT2D eigenvalue weighted by Crippen LogP contribution is 2.31. The molecule has 0 aliphatic heterocycles. The van der Waals surface area contributed by atoms with Crippen molar-refractivity contribution in [2.24, 2.45) is 5.92 Å². The van der Waals surface area contributed by atoms with E-state index in [1.807, 2.05) is 0 Å². The van der Waals surface area contributed by atoms with Crippen molar-refractivity contribution in [3.05, 3.63) is 0 Å². The minimum Gasteiger partial charge on any atom is -0.286 e. The van der Waals surface area contributed by atoms with Crippen LogP contribution in [0.25, 0.3) is 0 Å². The van der Waals surface area contributed by atoms with Crippen LogP contribution < -0.4 is 0 Å². The molecule has 0 N–H and O–H groups in total. The molecule has 1 saturated carbocycles. The molecule has 1 aliphatic carbocycles. The van der Waals surface area contributed by atoms with Crippen molar-refractivity contribution in [2.45, 2.75) is 19.3 Å². The van der Waals surface area contributed by atoms with Crippen molar-refractivity contribution in [2.75, 3.05) is 0 Å². The molecule has 1 aliphatic rings. The second kappa shape index (κ2) is 2.78. The summed E-state index contributed by atoms with van der Waals surface area (Å²) in [5, 5.41) is 0.250. The Balaban J connectivity index is 2.24. The smallest absolute Gasteiger partial charge is 0.202 e. The fourth-order valence-corrected chi connectivity index (χ4v) is 1.55. The van der Waals surface area contributed by atoms with Gasteiger partial charge >= 0.3 is 0 Å². The molecular weight excluding hydrogens is 140 g/mol. The van der Waals surface area contributed by atoms with Gasteiger partial charge in [-0.05, 0) is 23.6 Å². The molecule has 46 valence electrons. The van der Waals surface area contributed by atoms with Crippen LogP contribution in [0.1, 0.15) is 19.3 Å². The zero-order valence-corrected chi connectivity index (χ0v) is 6.17. The number of thiol groups is 1. The van der Waals surface area contributed by atoms with E-state index in [0.717, 1.165) is 23.6 Å². The molecule has 1 nitrogen and oxygen atoms in total. The van der Waals surface area contributed by atoms with Gasteiger partial charge in [-0.2, -0.15) is 0 Å². The van der Waals surface area contributed by atoms with Crippen LogP contribution in [-0.2, 0) is 4.79 Å². The van der Waals surface area contributed by atoms with E-state index in [9.17, 15) is 4.79 Å². The van der Waals surface area contributed by atoms with E-state index in [-0.39, 0.29) is 5.12 Å². The van der Waals surface area contributed by atoms with Crippen LogP contribution in [0.15, 0.2) is 0 Å². The van der Waals surface area contributed by atoms with Crippen molar-refractivity contribution < 1.29 is 4.79 Å². The zero-order valence-electron chi connectivity index (χ0n) is 4.46. The molecule has 0 saturated heterocycles. The monoisotopic (exact) mass is 148 g/mol. The molecule has 0 aromatic carbocycles. The molecule has 0 aromatic rings. The summed E-state index contributed by atoms with van der Waals surface area (Å²) in [5.41, 5.74) is 0. The topological polar surface area (TPSA) is 17.1 Å². The van der Waals surface area contributed by atoms with Gasteiger partial charge in [0.05, 0.1) is 0 Å². The predicted octanol–water partition coefficient (Wildman–Crippen LogP) is 1.89. The highest BCUT2D eigenvalue weighted by Gasteiger charge is 2.24. The Bertz CT molecular complexity index is 98.6. The summed E-state index contributed by atoms with van der Waals surface area (Å²) >= 11 is 3.81. The Labute approximate surface area is 58.0 Å². The van der Waals surface area contributed by atoms with Gasteiger partial charge in [0.15, 0.2) is 0 Å². The minimum atomic E-state index is 0.250. The Morgan fingerprint density at radius 2 is 2.25 bits per heavy atom. The molecule has 1 fully saturated rings. The lowest BCUT2D eigenvalue weighted by Crippen LogP contribution is -2.17. The molecule has 3 heteroatoms. The molecule has 1 rings (SSSR count). The number of hydrogen-bond acceptors (Lipinski definition) is 3. The van der Waals surface area contributed by atoms with Gasteiger partial charge in [0.25, 0.3) is 0 Å². The van der Waals surface area contributed by atoms with Crippen LogP contribution >= 0.6 is 22.5 Å². The van der Waals surface area contributed by atoms with Crippen LogP contribution in [0.4, 0.5) is 0 Å². The quantitative estimate of drug-likeness (QED) is 0.452. The Kier molecular flexibility index (Phi) is 2.26. The second-order valence-electron chi connectivity index (χ2n) is 2.04. The van der Waals surface area contributed by atoms with Crippen LogP contribution in [0.5, 0.6) is 0 Å². The standard InChI is InChI=1S/C5H8OS2/c6-5(8-7)4-2-1-3-4/h4,7H,1-3H2. The van der Waals surface area contributed by atoms with Gasteiger partial charge in [0.1, 0.15) is 0 Å². The van der Waals surface area contributed by atoms with Gasteiger partial charge in [-0.15, -0.1) is 11.7 Å². The van der Waals surface area contributed by atoms with Crippen molar-refractivity contribution in [3.8, 4) is 0 Å². The fourth-order valence-electron chi connectivity index (χ4n) is 0.718. The molecule has 0 aromatic heterocycles. The first-order valence-electron chi connectivity index (χ1n) is 2.70. The molecule has 0 heterocycles. The maximum atomic E-state index is 10.7. The Morgan fingerprint density at radius 1 is 1.62 bits per heavy atom. The van der Waals surface area contributed by atoms with E-state index in [0.29, 0.717) is 5.92 Å². The second-order valence-corrected chi connectivity index (χ2v) is 3.17. The fraction of sp³-hybridized carbons (Fsp3) is 0.800. The Hall–Kier alpha value is 0.370. The van der Waals surface area contributed by atoms with E-state index in [1.54, 1.807) is 0 Å². The average molecular weight is 148 g/mol. The first kappa shape index (κ1) is 6.49. The lowest BCUT2D eigenvalue weighted by molar-refractivity contribution is -0.116. The summed E-state index contributed by atoms with van der Waals surface area (Å²) in [6.45, 7) is 0. The summed E-state index contributed by atoms with van der Waals surface area (Å²) in [5.74, 6) is 0.345. The normalized spacial score (nSPS) is 20.1. The van der Waals surface area contributed by atoms with Gasteiger partial charge in [-0.1, -0.05) is 6.42 Å². The molecule has 0 bridgehead atoms. The first-order chi connectivity index (χ1) is 3.84. The lowest BCUT2D eigenvalue weighted by Gasteiger charge is -2.21. The molecule has 0 unspecified atom stereocenters. The average Bonchev–Trinajstić information content (AvgIpc) is 1.62. The largest absolute Gasteiger partial charge is 0.286 e. The number of rotatable bonds is 1. The molecule has 0 amide bonds. The van der Waals surface area contributed by atoms with Crippen molar-refractivity contribution in [3.63, 3.8) is 0 Å². The third kappa shape index (κ3) is 1.20. The number of carbonyl (C=O) groups is 1. The van der Waals surface area contributed by atoms with Gasteiger partial charge in [0.2, 0.25) is 5.12 Å². The van der Waals surface area contributed by atoms with Crippen LogP contribution in [0, 0.1) is 5.92 Å². The predicted molar refractivity (Wildman–Crippen MR) is 38.9 cm³/mol. The third-order valence-corrected chi connectivity index (χ3v) is 2.58. The van der Waals surface area contributed by atoms with Crippen LogP contribution in [0.2, 0.25) is 0 Å². The summed E-state index contributed by atoms with van der Waals surface area (Å²) in [6.07, 6.45) is 3.41. The van der Waals surface area contributed by atoms with E-state index in [1.165, 1.54) is 6.42 Å². The summed E-state index contributed by atoms with van der Waals surface area (Å²) in [4.78, 5) is 10.7. The third-order valence-electron chi connectivity index (χ3n) is 1.53. The van der Waals surface area contributed by atoms with Crippen molar-refractivity contribution >= 4 is 27.6 Å². The summed E-state index contributed by atoms with van der Waals surface area (Å²) < 4.78 is 0. The van der Waals surface area contributed by atoms with Gasteiger partial charge in [-0.3, -0.25) is 4.79 Å². The number of hydrogen-bond donors (Lipinski definition) is 1. The summed E-state index contributed by atoms with van der Waals surface area (Å²) in [7, 11) is 1.06. The Morgan fingerprint density at radius 3 is 2.38 bits per heavy atom. The van der Waals surface area contributed by atoms with Crippen LogP contribution in [0.3, 0.4) is 0 Å². The zero-order chi connectivity index (χ0) is 5.98. The molecule has 0 spiro atoms. The van der Waals surface area contributed by atoms with Crippen molar-refractivity contribution in [1.29, 1.82) is 0 Å². The maximum absolute atomic E-state index is 10.7. The molecule has 0 atom stereocenters. The van der Waals surface area contributed by atoms with E-state index in [4.69, 9.17) is 0 Å². The van der Waals surface area contributed by atoms with Crippen LogP contribution in [-0.4, -0.2) is 5.12 Å². The summed E-state index contributed by atoms with van der Waals surface area (Å²) in [6, 6.07) is 0. The SMILES string of the molecule is O=C(SS)C1CCC1. The lowest BCUT2D eigenvalue weighted by atomic mass is 9.87. The molecular formula is C5H8OS2. The van der Waals surface area contributed by atoms with Gasteiger partial charge in [0, 0.05) is 5.92 Å². The maximum Gasteiger partial charge on any atom is 0.202 e. The van der Waals surface area contributed by atoms with E-state index >= 15 is 0 Å². The minimum absolute atomic E-state index is 0.250. The number of carbonyl (C=O) groups excluding carboxylic acids is 1. The molecule has 0 radical (unpaired) electrons. The highest BCUT2D eigenvalue weighted by molar-refractivity contribution is 8.74. The van der Waals surface area contributed by atoms with Crippen molar-refractivity contribution in [1.82, 2.24) is 0 Å². The van der Waals surface area contributed by atoms with E-state index in [2.05, 4.69) is 11.7 Å².